The van der Waals surface area contributed by atoms with Crippen LogP contribution >= 0.6 is 11.6 Å². The molecule has 1 aliphatic rings. The lowest BCUT2D eigenvalue weighted by Crippen LogP contribution is -2.08. The van der Waals surface area contributed by atoms with Crippen molar-refractivity contribution in [3.8, 4) is 5.75 Å². The minimum atomic E-state index is 0.163. The van der Waals surface area contributed by atoms with Gasteiger partial charge in [0.15, 0.2) is 0 Å². The van der Waals surface area contributed by atoms with E-state index in [1.165, 1.54) is 0 Å². The zero-order valence-corrected chi connectivity index (χ0v) is 12.0. The van der Waals surface area contributed by atoms with E-state index in [0.717, 1.165) is 29.7 Å². The summed E-state index contributed by atoms with van der Waals surface area (Å²) in [5, 5.41) is 0.675. The molecule has 0 N–H and O–H groups in total. The van der Waals surface area contributed by atoms with Crippen LogP contribution in [0.15, 0.2) is 12.1 Å². The lowest BCUT2D eigenvalue weighted by Gasteiger charge is -2.08. The monoisotopic (exact) mass is 282 g/mol. The number of hydrogen-bond donors (Lipinski definition) is 0. The van der Waals surface area contributed by atoms with Gasteiger partial charge in [0.2, 0.25) is 0 Å². The first-order chi connectivity index (χ1) is 9.20. The standard InChI is InChI=1S/C15H19ClO3/c1-2-5-18-6-4-14(17)10-12-9-13(16)8-11-3-7-19-15(11)12/h8-9H,2-7,10H2,1H3. The molecule has 4 heteroatoms. The maximum Gasteiger partial charge on any atom is 0.139 e. The Kier molecular flexibility index (Phi) is 5.23. The maximum absolute atomic E-state index is 11.9. The number of fused-ring (bicyclic) bond motifs is 1. The Balaban J connectivity index is 1.94. The number of carbonyl (C=O) groups is 1. The summed E-state index contributed by atoms with van der Waals surface area (Å²) in [7, 11) is 0. The Morgan fingerprint density at radius 2 is 2.26 bits per heavy atom. The molecule has 2 rings (SSSR count). The number of benzene rings is 1. The molecule has 0 aliphatic carbocycles. The first kappa shape index (κ1) is 14.4. The van der Waals surface area contributed by atoms with Crippen LogP contribution < -0.4 is 4.74 Å². The Labute approximate surface area is 118 Å². The number of Topliss-reactive ketones (excluding diaryl/α,β-unsaturated/α-hetero) is 1. The highest BCUT2D eigenvalue weighted by Crippen LogP contribution is 2.33. The second-order valence-corrected chi connectivity index (χ2v) is 5.17. The molecule has 1 aromatic rings. The highest BCUT2D eigenvalue weighted by atomic mass is 35.5. The van der Waals surface area contributed by atoms with Gasteiger partial charge >= 0.3 is 0 Å². The number of ether oxygens (including phenoxy) is 2. The fourth-order valence-electron chi connectivity index (χ4n) is 2.21. The Hall–Kier alpha value is -1.06. The van der Waals surface area contributed by atoms with Gasteiger partial charge in [0.05, 0.1) is 13.2 Å². The predicted octanol–water partition coefficient (Wildman–Crippen LogP) is 3.20. The van der Waals surface area contributed by atoms with E-state index in [9.17, 15) is 4.79 Å². The van der Waals surface area contributed by atoms with Crippen molar-refractivity contribution in [3.63, 3.8) is 0 Å². The third kappa shape index (κ3) is 3.95. The van der Waals surface area contributed by atoms with Gasteiger partial charge in [0.1, 0.15) is 11.5 Å². The predicted molar refractivity (Wildman–Crippen MR) is 75.1 cm³/mol. The van der Waals surface area contributed by atoms with Gasteiger partial charge in [-0.2, -0.15) is 0 Å². The lowest BCUT2D eigenvalue weighted by molar-refractivity contribution is -0.119. The normalized spacial score (nSPS) is 13.2. The Morgan fingerprint density at radius 3 is 3.05 bits per heavy atom. The molecule has 19 heavy (non-hydrogen) atoms. The molecule has 1 heterocycles. The van der Waals surface area contributed by atoms with Gasteiger partial charge in [0.25, 0.3) is 0 Å². The van der Waals surface area contributed by atoms with Crippen LogP contribution in [-0.4, -0.2) is 25.6 Å². The van der Waals surface area contributed by atoms with Crippen molar-refractivity contribution in [2.24, 2.45) is 0 Å². The highest BCUT2D eigenvalue weighted by molar-refractivity contribution is 6.30. The van der Waals surface area contributed by atoms with E-state index in [0.29, 0.717) is 37.7 Å². The van der Waals surface area contributed by atoms with E-state index in [1.54, 1.807) is 0 Å². The summed E-state index contributed by atoms with van der Waals surface area (Å²) in [6.45, 7) is 3.93. The molecular formula is C15H19ClO3. The van der Waals surface area contributed by atoms with E-state index in [4.69, 9.17) is 21.1 Å². The smallest absolute Gasteiger partial charge is 0.139 e. The van der Waals surface area contributed by atoms with Gasteiger partial charge in [-0.15, -0.1) is 0 Å². The minimum absolute atomic E-state index is 0.163. The lowest BCUT2D eigenvalue weighted by atomic mass is 10.0. The van der Waals surface area contributed by atoms with Crippen molar-refractivity contribution in [3.05, 3.63) is 28.3 Å². The van der Waals surface area contributed by atoms with Gasteiger partial charge < -0.3 is 9.47 Å². The van der Waals surface area contributed by atoms with E-state index in [2.05, 4.69) is 6.92 Å². The molecule has 0 saturated carbocycles. The fraction of sp³-hybridized carbons (Fsp3) is 0.533. The van der Waals surface area contributed by atoms with Crippen LogP contribution in [0.1, 0.15) is 30.9 Å². The number of halogens is 1. The van der Waals surface area contributed by atoms with Crippen molar-refractivity contribution in [1.82, 2.24) is 0 Å². The molecule has 0 radical (unpaired) electrons. The summed E-state index contributed by atoms with van der Waals surface area (Å²) in [6, 6.07) is 3.75. The zero-order chi connectivity index (χ0) is 13.7. The fourth-order valence-corrected chi connectivity index (χ4v) is 2.47. The summed E-state index contributed by atoms with van der Waals surface area (Å²) in [4.78, 5) is 11.9. The minimum Gasteiger partial charge on any atom is -0.493 e. The largest absolute Gasteiger partial charge is 0.493 e. The molecule has 0 fully saturated rings. The second kappa shape index (κ2) is 6.92. The molecule has 0 spiro atoms. The van der Waals surface area contributed by atoms with Crippen LogP contribution in [0.4, 0.5) is 0 Å². The molecule has 1 aromatic carbocycles. The maximum atomic E-state index is 11.9. The van der Waals surface area contributed by atoms with Crippen molar-refractivity contribution >= 4 is 17.4 Å². The number of hydrogen-bond acceptors (Lipinski definition) is 3. The molecule has 104 valence electrons. The van der Waals surface area contributed by atoms with Gasteiger partial charge in [-0.3, -0.25) is 4.79 Å². The van der Waals surface area contributed by atoms with E-state index < -0.39 is 0 Å². The van der Waals surface area contributed by atoms with Crippen LogP contribution in [0.25, 0.3) is 0 Å². The summed E-state index contributed by atoms with van der Waals surface area (Å²) < 4.78 is 10.9. The first-order valence-electron chi connectivity index (χ1n) is 6.74. The topological polar surface area (TPSA) is 35.5 Å². The molecule has 0 unspecified atom stereocenters. The third-order valence-corrected chi connectivity index (χ3v) is 3.30. The van der Waals surface area contributed by atoms with E-state index >= 15 is 0 Å². The molecule has 3 nitrogen and oxygen atoms in total. The van der Waals surface area contributed by atoms with Crippen LogP contribution in [0.2, 0.25) is 5.02 Å². The van der Waals surface area contributed by atoms with Crippen molar-refractivity contribution in [2.75, 3.05) is 19.8 Å². The summed E-state index contributed by atoms with van der Waals surface area (Å²) in [5.74, 6) is 1.02. The van der Waals surface area contributed by atoms with Crippen molar-refractivity contribution in [1.29, 1.82) is 0 Å². The average molecular weight is 283 g/mol. The number of carbonyl (C=O) groups excluding carboxylic acids is 1. The van der Waals surface area contributed by atoms with Crippen LogP contribution in [0, 0.1) is 0 Å². The molecule has 0 atom stereocenters. The number of ketones is 1. The summed E-state index contributed by atoms with van der Waals surface area (Å²) >= 11 is 6.07. The van der Waals surface area contributed by atoms with E-state index in [1.807, 2.05) is 12.1 Å². The van der Waals surface area contributed by atoms with Gasteiger partial charge in [0, 0.05) is 36.5 Å². The van der Waals surface area contributed by atoms with Crippen molar-refractivity contribution < 1.29 is 14.3 Å². The Morgan fingerprint density at radius 1 is 1.42 bits per heavy atom. The summed E-state index contributed by atoms with van der Waals surface area (Å²) in [5.41, 5.74) is 2.01. The van der Waals surface area contributed by atoms with Crippen LogP contribution in [0.5, 0.6) is 5.75 Å². The molecule has 1 aliphatic heterocycles. The van der Waals surface area contributed by atoms with Crippen LogP contribution in [0.3, 0.4) is 0 Å². The zero-order valence-electron chi connectivity index (χ0n) is 11.2. The quantitative estimate of drug-likeness (QED) is 0.721. The summed E-state index contributed by atoms with van der Waals surface area (Å²) in [6.07, 6.45) is 2.67. The molecule has 0 saturated heterocycles. The highest BCUT2D eigenvalue weighted by Gasteiger charge is 2.19. The molecule has 0 amide bonds. The van der Waals surface area contributed by atoms with Crippen molar-refractivity contribution in [2.45, 2.75) is 32.6 Å². The van der Waals surface area contributed by atoms with E-state index in [-0.39, 0.29) is 5.78 Å². The van der Waals surface area contributed by atoms with Crippen LogP contribution in [-0.2, 0) is 22.4 Å². The molecule has 0 bridgehead atoms. The second-order valence-electron chi connectivity index (χ2n) is 4.73. The van der Waals surface area contributed by atoms with Gasteiger partial charge in [-0.1, -0.05) is 18.5 Å². The third-order valence-electron chi connectivity index (χ3n) is 3.09. The SMILES string of the molecule is CCCOCCC(=O)Cc1cc(Cl)cc2c1OCC2. The number of rotatable bonds is 7. The first-order valence-corrected chi connectivity index (χ1v) is 7.12. The molecule has 0 aromatic heterocycles. The van der Waals surface area contributed by atoms with Gasteiger partial charge in [-0.25, -0.2) is 0 Å². The average Bonchev–Trinajstić information content (AvgIpc) is 2.82. The van der Waals surface area contributed by atoms with Gasteiger partial charge in [-0.05, 0) is 24.1 Å². The Bertz CT molecular complexity index is 457. The molecular weight excluding hydrogens is 264 g/mol.